The first-order chi connectivity index (χ1) is 13.2. The molecule has 2 aromatic carbocycles. The van der Waals surface area contributed by atoms with E-state index >= 15 is 0 Å². The SMILES string of the molecule is CCc1ccc2c(CNc3ccc(N4CCCCC4)cc3)cc(=O)oc2c1. The normalized spacial score (nSPS) is 14.5. The van der Waals surface area contributed by atoms with Crippen molar-refractivity contribution in [3.8, 4) is 0 Å². The van der Waals surface area contributed by atoms with Crippen molar-refractivity contribution in [3.63, 3.8) is 0 Å². The zero-order valence-corrected chi connectivity index (χ0v) is 15.8. The van der Waals surface area contributed by atoms with E-state index in [1.807, 2.05) is 12.1 Å². The van der Waals surface area contributed by atoms with Gasteiger partial charge in [0.2, 0.25) is 0 Å². The van der Waals surface area contributed by atoms with Crippen molar-refractivity contribution in [1.82, 2.24) is 0 Å². The summed E-state index contributed by atoms with van der Waals surface area (Å²) in [4.78, 5) is 14.4. The van der Waals surface area contributed by atoms with Crippen molar-refractivity contribution in [1.29, 1.82) is 0 Å². The molecule has 27 heavy (non-hydrogen) atoms. The van der Waals surface area contributed by atoms with Crippen molar-refractivity contribution < 1.29 is 4.42 Å². The fourth-order valence-electron chi connectivity index (χ4n) is 3.78. The van der Waals surface area contributed by atoms with Gasteiger partial charge in [-0.05, 0) is 67.1 Å². The number of fused-ring (bicyclic) bond motifs is 1. The van der Waals surface area contributed by atoms with Gasteiger partial charge in [0.25, 0.3) is 0 Å². The molecule has 1 N–H and O–H groups in total. The van der Waals surface area contributed by atoms with E-state index in [2.05, 4.69) is 47.5 Å². The van der Waals surface area contributed by atoms with Crippen molar-refractivity contribution in [2.45, 2.75) is 39.2 Å². The van der Waals surface area contributed by atoms with Gasteiger partial charge < -0.3 is 14.6 Å². The first kappa shape index (κ1) is 17.7. The Morgan fingerprint density at radius 2 is 1.78 bits per heavy atom. The number of anilines is 2. The minimum absolute atomic E-state index is 0.298. The molecule has 4 nitrogen and oxygen atoms in total. The first-order valence-corrected chi connectivity index (χ1v) is 9.87. The van der Waals surface area contributed by atoms with Crippen LogP contribution in [0.2, 0.25) is 0 Å². The zero-order valence-electron chi connectivity index (χ0n) is 15.8. The van der Waals surface area contributed by atoms with Crippen molar-refractivity contribution in [3.05, 3.63) is 70.1 Å². The summed E-state index contributed by atoms with van der Waals surface area (Å²) in [6, 6.07) is 16.3. The minimum atomic E-state index is -0.298. The molecule has 4 heteroatoms. The number of benzene rings is 2. The Labute approximate surface area is 159 Å². The summed E-state index contributed by atoms with van der Waals surface area (Å²) in [6.45, 7) is 4.99. The average molecular weight is 362 g/mol. The molecule has 140 valence electrons. The van der Waals surface area contributed by atoms with Crippen molar-refractivity contribution in [2.75, 3.05) is 23.3 Å². The van der Waals surface area contributed by atoms with Crippen molar-refractivity contribution >= 4 is 22.3 Å². The number of piperidine rings is 1. The molecule has 0 spiro atoms. The Morgan fingerprint density at radius 3 is 2.52 bits per heavy atom. The molecule has 0 saturated carbocycles. The summed E-state index contributed by atoms with van der Waals surface area (Å²) in [5.74, 6) is 0. The highest BCUT2D eigenvalue weighted by molar-refractivity contribution is 5.81. The summed E-state index contributed by atoms with van der Waals surface area (Å²) in [6.07, 6.45) is 4.83. The fraction of sp³-hybridized carbons (Fsp3) is 0.348. The molecule has 4 rings (SSSR count). The zero-order chi connectivity index (χ0) is 18.6. The number of rotatable bonds is 5. The summed E-state index contributed by atoms with van der Waals surface area (Å²) < 4.78 is 5.39. The molecule has 1 aliphatic rings. The maximum Gasteiger partial charge on any atom is 0.336 e. The largest absolute Gasteiger partial charge is 0.423 e. The van der Waals surface area contributed by atoms with Crippen LogP contribution in [-0.2, 0) is 13.0 Å². The summed E-state index contributed by atoms with van der Waals surface area (Å²) in [5.41, 5.74) is 4.85. The van der Waals surface area contributed by atoms with Crippen molar-refractivity contribution in [2.24, 2.45) is 0 Å². The van der Waals surface area contributed by atoms with Crippen LogP contribution in [0, 0.1) is 0 Å². The molecule has 0 amide bonds. The second-order valence-electron chi connectivity index (χ2n) is 7.22. The Bertz CT molecular complexity index is 970. The average Bonchev–Trinajstić information content (AvgIpc) is 2.72. The van der Waals surface area contributed by atoms with Gasteiger partial charge in [-0.3, -0.25) is 0 Å². The predicted molar refractivity (Wildman–Crippen MR) is 112 cm³/mol. The van der Waals surface area contributed by atoms with Crippen LogP contribution in [0.4, 0.5) is 11.4 Å². The van der Waals surface area contributed by atoms with E-state index in [9.17, 15) is 4.79 Å². The van der Waals surface area contributed by atoms with Gasteiger partial charge in [0.15, 0.2) is 0 Å². The second-order valence-corrected chi connectivity index (χ2v) is 7.22. The molecule has 0 aliphatic carbocycles. The molecular weight excluding hydrogens is 336 g/mol. The molecule has 1 saturated heterocycles. The number of nitrogens with zero attached hydrogens (tertiary/aromatic N) is 1. The van der Waals surface area contributed by atoms with Gasteiger partial charge >= 0.3 is 5.63 Å². The van der Waals surface area contributed by atoms with Gasteiger partial charge in [0, 0.05) is 42.5 Å². The molecule has 3 aromatic rings. The Balaban J connectivity index is 1.50. The lowest BCUT2D eigenvalue weighted by Gasteiger charge is -2.28. The topological polar surface area (TPSA) is 45.5 Å². The molecule has 1 aromatic heterocycles. The Hall–Kier alpha value is -2.75. The predicted octanol–water partition coefficient (Wildman–Crippen LogP) is 4.96. The fourth-order valence-corrected chi connectivity index (χ4v) is 3.78. The lowest BCUT2D eigenvalue weighted by Crippen LogP contribution is -2.29. The Kier molecular flexibility index (Phi) is 5.14. The third-order valence-corrected chi connectivity index (χ3v) is 5.37. The van der Waals surface area contributed by atoms with Gasteiger partial charge in [-0.15, -0.1) is 0 Å². The number of hydrogen-bond donors (Lipinski definition) is 1. The van der Waals surface area contributed by atoms with E-state index in [0.29, 0.717) is 12.1 Å². The lowest BCUT2D eigenvalue weighted by atomic mass is 10.1. The van der Waals surface area contributed by atoms with Crippen LogP contribution in [-0.4, -0.2) is 13.1 Å². The van der Waals surface area contributed by atoms with Crippen LogP contribution in [0.1, 0.15) is 37.3 Å². The van der Waals surface area contributed by atoms with E-state index in [0.717, 1.165) is 36.1 Å². The molecular formula is C23H26N2O2. The Morgan fingerprint density at radius 1 is 1.00 bits per heavy atom. The molecule has 0 unspecified atom stereocenters. The highest BCUT2D eigenvalue weighted by atomic mass is 16.4. The van der Waals surface area contributed by atoms with Crippen LogP contribution in [0.3, 0.4) is 0 Å². The first-order valence-electron chi connectivity index (χ1n) is 9.87. The smallest absolute Gasteiger partial charge is 0.336 e. The maximum absolute atomic E-state index is 11.9. The van der Waals surface area contributed by atoms with Gasteiger partial charge in [-0.1, -0.05) is 19.1 Å². The molecule has 1 aliphatic heterocycles. The third kappa shape index (κ3) is 4.00. The van der Waals surface area contributed by atoms with E-state index in [1.165, 1.54) is 30.5 Å². The highest BCUT2D eigenvalue weighted by Crippen LogP contribution is 2.23. The minimum Gasteiger partial charge on any atom is -0.423 e. The lowest BCUT2D eigenvalue weighted by molar-refractivity contribution is 0.559. The number of hydrogen-bond acceptors (Lipinski definition) is 4. The molecule has 0 radical (unpaired) electrons. The van der Waals surface area contributed by atoms with Gasteiger partial charge in [0.1, 0.15) is 5.58 Å². The van der Waals surface area contributed by atoms with Crippen LogP contribution >= 0.6 is 0 Å². The maximum atomic E-state index is 11.9. The second kappa shape index (κ2) is 7.87. The van der Waals surface area contributed by atoms with Crippen LogP contribution in [0.5, 0.6) is 0 Å². The molecule has 0 bridgehead atoms. The summed E-state index contributed by atoms with van der Waals surface area (Å²) in [7, 11) is 0. The standard InChI is InChI=1S/C23H26N2O2/c1-2-17-6-11-21-18(15-23(26)27-22(21)14-17)16-24-19-7-9-20(10-8-19)25-12-4-3-5-13-25/h6-11,14-15,24H,2-5,12-13,16H2,1H3. The van der Waals surface area contributed by atoms with Crippen LogP contribution in [0.15, 0.2) is 57.7 Å². The van der Waals surface area contributed by atoms with E-state index in [-0.39, 0.29) is 5.63 Å². The van der Waals surface area contributed by atoms with E-state index in [1.54, 1.807) is 6.07 Å². The van der Waals surface area contributed by atoms with E-state index in [4.69, 9.17) is 4.42 Å². The molecule has 0 atom stereocenters. The van der Waals surface area contributed by atoms with Gasteiger partial charge in [-0.25, -0.2) is 4.79 Å². The van der Waals surface area contributed by atoms with Gasteiger partial charge in [-0.2, -0.15) is 0 Å². The molecule has 1 fully saturated rings. The van der Waals surface area contributed by atoms with Crippen LogP contribution < -0.4 is 15.8 Å². The molecule has 2 heterocycles. The van der Waals surface area contributed by atoms with E-state index < -0.39 is 0 Å². The summed E-state index contributed by atoms with van der Waals surface area (Å²) >= 11 is 0. The van der Waals surface area contributed by atoms with Crippen LogP contribution in [0.25, 0.3) is 11.0 Å². The highest BCUT2D eigenvalue weighted by Gasteiger charge is 2.11. The quantitative estimate of drug-likeness (QED) is 0.652. The number of nitrogens with one attached hydrogen (secondary N) is 1. The van der Waals surface area contributed by atoms with Gasteiger partial charge in [0.05, 0.1) is 0 Å². The third-order valence-electron chi connectivity index (χ3n) is 5.37. The monoisotopic (exact) mass is 362 g/mol. The summed E-state index contributed by atoms with van der Waals surface area (Å²) in [5, 5.41) is 4.43. The number of aryl methyl sites for hydroxylation is 1.